The molecule has 4 aromatic carbocycles. The molecule has 2 aliphatic heterocycles. The molecule has 0 bridgehead atoms. The molecule has 54 heavy (non-hydrogen) atoms. The van der Waals surface area contributed by atoms with Crippen molar-refractivity contribution in [3.8, 4) is 11.5 Å². The number of imide groups is 2. The molecule has 4 aromatic rings. The van der Waals surface area contributed by atoms with E-state index in [1.165, 1.54) is 42.3 Å². The summed E-state index contributed by atoms with van der Waals surface area (Å²) >= 11 is 6.37. The SMILES string of the molecule is CCc1ccc(N2C(=O)[C@H]3[C@H](CC=C4[C@H]3C[C@H]3C(=O)N(Nc5ccc(F)cc5)C(=O)[C@@]3(c3ccc(Cl)cc3)[C@H]4C=Cc3ccc(O)c(OC)c3)C2=O)cc1. The summed E-state index contributed by atoms with van der Waals surface area (Å²) in [6, 6.07) is 24.5. The lowest BCUT2D eigenvalue weighted by Crippen LogP contribution is -2.54. The fourth-order valence-electron chi connectivity index (χ4n) is 9.04. The summed E-state index contributed by atoms with van der Waals surface area (Å²) in [7, 11) is 1.45. The van der Waals surface area contributed by atoms with Crippen molar-refractivity contribution in [3.63, 3.8) is 0 Å². The van der Waals surface area contributed by atoms with Crippen LogP contribution < -0.4 is 15.1 Å². The molecule has 3 fully saturated rings. The van der Waals surface area contributed by atoms with E-state index in [9.17, 15) is 23.9 Å². The predicted octanol–water partition coefficient (Wildman–Crippen LogP) is 7.49. The molecule has 11 heteroatoms. The Hall–Kier alpha value is -5.74. The van der Waals surface area contributed by atoms with Crippen LogP contribution in [-0.2, 0) is 31.0 Å². The van der Waals surface area contributed by atoms with Crippen LogP contribution in [0.5, 0.6) is 11.5 Å². The summed E-state index contributed by atoms with van der Waals surface area (Å²) in [5.41, 5.74) is 5.39. The van der Waals surface area contributed by atoms with Crippen LogP contribution in [0.2, 0.25) is 5.02 Å². The summed E-state index contributed by atoms with van der Waals surface area (Å²) in [6.45, 7) is 2.03. The van der Waals surface area contributed by atoms with Gasteiger partial charge in [-0.1, -0.05) is 72.7 Å². The number of hydrazine groups is 1. The van der Waals surface area contributed by atoms with Crippen LogP contribution in [0, 0.1) is 35.4 Å². The van der Waals surface area contributed by atoms with Crippen LogP contribution in [0.1, 0.15) is 36.5 Å². The molecule has 0 aromatic heterocycles. The third-order valence-electron chi connectivity index (χ3n) is 11.6. The molecule has 8 rings (SSSR count). The number of rotatable bonds is 8. The number of hydrogen-bond acceptors (Lipinski definition) is 7. The molecule has 2 heterocycles. The average molecular weight is 746 g/mol. The van der Waals surface area contributed by atoms with Crippen LogP contribution in [0.25, 0.3) is 6.08 Å². The summed E-state index contributed by atoms with van der Waals surface area (Å²) in [5, 5.41) is 11.7. The first-order chi connectivity index (χ1) is 26.1. The van der Waals surface area contributed by atoms with Crippen molar-refractivity contribution in [3.05, 3.63) is 136 Å². The van der Waals surface area contributed by atoms with Crippen LogP contribution in [0.15, 0.2) is 109 Å². The van der Waals surface area contributed by atoms with Gasteiger partial charge in [0, 0.05) is 10.9 Å². The zero-order valence-electron chi connectivity index (χ0n) is 29.5. The number of aromatic hydroxyl groups is 1. The number of amides is 4. The van der Waals surface area contributed by atoms with E-state index >= 15 is 4.79 Å². The predicted molar refractivity (Wildman–Crippen MR) is 202 cm³/mol. The van der Waals surface area contributed by atoms with Gasteiger partial charge in [0.25, 0.3) is 11.8 Å². The minimum atomic E-state index is -1.50. The molecule has 1 saturated carbocycles. The van der Waals surface area contributed by atoms with Gasteiger partial charge in [-0.15, -0.1) is 0 Å². The lowest BCUT2D eigenvalue weighted by molar-refractivity contribution is -0.139. The van der Waals surface area contributed by atoms with Crippen molar-refractivity contribution < 1.29 is 33.4 Å². The topological polar surface area (TPSA) is 116 Å². The summed E-state index contributed by atoms with van der Waals surface area (Å²) < 4.78 is 19.2. The Bertz CT molecular complexity index is 2240. The van der Waals surface area contributed by atoms with Gasteiger partial charge in [-0.3, -0.25) is 29.5 Å². The lowest BCUT2D eigenvalue weighted by Gasteiger charge is -2.49. The van der Waals surface area contributed by atoms with Crippen molar-refractivity contribution in [1.29, 1.82) is 0 Å². The summed E-state index contributed by atoms with van der Waals surface area (Å²) in [5.74, 6) is -5.55. The minimum absolute atomic E-state index is 0.0384. The molecule has 0 unspecified atom stereocenters. The minimum Gasteiger partial charge on any atom is -0.504 e. The number of ether oxygens (including phenoxy) is 1. The number of nitrogens with zero attached hydrogens (tertiary/aromatic N) is 2. The number of carbonyl (C=O) groups excluding carboxylic acids is 4. The number of benzene rings is 4. The number of allylic oxidation sites excluding steroid dienone is 3. The number of methoxy groups -OCH3 is 1. The normalized spacial score (nSPS) is 26.1. The molecule has 2 aliphatic carbocycles. The number of fused-ring (bicyclic) bond motifs is 4. The molecule has 6 atom stereocenters. The quantitative estimate of drug-likeness (QED) is 0.142. The Labute approximate surface area is 316 Å². The van der Waals surface area contributed by atoms with Crippen LogP contribution in [-0.4, -0.2) is 40.9 Å². The maximum Gasteiger partial charge on any atom is 0.260 e. The third kappa shape index (κ3) is 5.50. The van der Waals surface area contributed by atoms with Gasteiger partial charge in [-0.25, -0.2) is 4.39 Å². The van der Waals surface area contributed by atoms with Gasteiger partial charge in [0.15, 0.2) is 11.5 Å². The van der Waals surface area contributed by atoms with Crippen molar-refractivity contribution in [1.82, 2.24) is 5.01 Å². The van der Waals surface area contributed by atoms with Gasteiger partial charge in [0.05, 0.1) is 41.7 Å². The molecule has 9 nitrogen and oxygen atoms in total. The van der Waals surface area contributed by atoms with Gasteiger partial charge < -0.3 is 9.84 Å². The molecule has 2 saturated heterocycles. The first-order valence-corrected chi connectivity index (χ1v) is 18.3. The highest BCUT2D eigenvalue weighted by Gasteiger charge is 2.69. The molecule has 4 aliphatic rings. The molecule has 4 amide bonds. The molecule has 274 valence electrons. The van der Waals surface area contributed by atoms with E-state index in [0.29, 0.717) is 27.5 Å². The smallest absolute Gasteiger partial charge is 0.260 e. The van der Waals surface area contributed by atoms with E-state index in [2.05, 4.69) is 5.43 Å². The molecular weight excluding hydrogens is 709 g/mol. The van der Waals surface area contributed by atoms with Gasteiger partial charge in [0.2, 0.25) is 11.8 Å². The van der Waals surface area contributed by atoms with Crippen molar-refractivity contribution >= 4 is 52.7 Å². The van der Waals surface area contributed by atoms with Crippen molar-refractivity contribution in [2.75, 3.05) is 17.4 Å². The highest BCUT2D eigenvalue weighted by molar-refractivity contribution is 6.30. The lowest BCUT2D eigenvalue weighted by atomic mass is 9.50. The first-order valence-electron chi connectivity index (χ1n) is 17.9. The van der Waals surface area contributed by atoms with Gasteiger partial charge >= 0.3 is 0 Å². The zero-order chi connectivity index (χ0) is 37.9. The van der Waals surface area contributed by atoms with Crippen LogP contribution in [0.4, 0.5) is 15.8 Å². The van der Waals surface area contributed by atoms with Crippen LogP contribution in [0.3, 0.4) is 0 Å². The standard InChI is InChI=1S/C43H37ClFN3O6/c1-3-24-4-16-30(17-5-24)47-39(50)32-19-18-31-33(38(32)41(47)52)23-35-40(51)48(46-29-14-12-28(45)13-15-29)42(53)43(35,26-8-10-27(44)11-9-26)34(31)20-6-25-7-21-36(49)37(22-25)54-2/h4-18,20-22,32-35,38,46,49H,3,19,23H2,1-2H3/t32-,33+,34-,35-,38-,43-/m0/s1. The number of carbonyl (C=O) groups is 4. The van der Waals surface area contributed by atoms with Gasteiger partial charge in [-0.2, -0.15) is 5.01 Å². The second kappa shape index (κ2) is 13.6. The van der Waals surface area contributed by atoms with E-state index in [1.54, 1.807) is 48.5 Å². The molecule has 0 spiro atoms. The van der Waals surface area contributed by atoms with E-state index in [4.69, 9.17) is 16.3 Å². The fourth-order valence-corrected chi connectivity index (χ4v) is 9.17. The average Bonchev–Trinajstić information content (AvgIpc) is 3.56. The van der Waals surface area contributed by atoms with E-state index in [1.807, 2.05) is 37.3 Å². The maximum atomic E-state index is 15.2. The van der Waals surface area contributed by atoms with Crippen LogP contribution >= 0.6 is 11.6 Å². The zero-order valence-corrected chi connectivity index (χ0v) is 30.3. The largest absolute Gasteiger partial charge is 0.504 e. The van der Waals surface area contributed by atoms with Gasteiger partial charge in [0.1, 0.15) is 5.82 Å². The number of phenolic OH excluding ortho intramolecular Hbond substituents is 1. The Morgan fingerprint density at radius 1 is 0.926 bits per heavy atom. The first kappa shape index (κ1) is 35.3. The Balaban J connectivity index is 1.29. The Morgan fingerprint density at radius 2 is 1.65 bits per heavy atom. The number of aryl methyl sites for hydroxylation is 1. The second-order valence-corrected chi connectivity index (χ2v) is 14.7. The van der Waals surface area contributed by atoms with Gasteiger partial charge in [-0.05, 0) is 103 Å². The highest BCUT2D eigenvalue weighted by Crippen LogP contribution is 2.61. The fraction of sp³-hybridized carbons (Fsp3) is 0.256. The third-order valence-corrected chi connectivity index (χ3v) is 11.9. The number of nitrogens with one attached hydrogen (secondary N) is 1. The van der Waals surface area contributed by atoms with Crippen molar-refractivity contribution in [2.45, 2.75) is 31.6 Å². The Kier molecular flexibility index (Phi) is 8.88. The Morgan fingerprint density at radius 3 is 2.33 bits per heavy atom. The number of halogens is 2. The monoisotopic (exact) mass is 745 g/mol. The molecule has 2 N–H and O–H groups in total. The number of hydrogen-bond donors (Lipinski definition) is 2. The maximum absolute atomic E-state index is 15.2. The second-order valence-electron chi connectivity index (χ2n) is 14.2. The summed E-state index contributed by atoms with van der Waals surface area (Å²) in [6.07, 6.45) is 6.89. The number of phenols is 1. The summed E-state index contributed by atoms with van der Waals surface area (Å²) in [4.78, 5) is 59.8. The number of anilines is 2. The van der Waals surface area contributed by atoms with E-state index in [-0.39, 0.29) is 36.2 Å². The van der Waals surface area contributed by atoms with E-state index < -0.39 is 52.6 Å². The molecule has 0 radical (unpaired) electrons. The van der Waals surface area contributed by atoms with Crippen molar-refractivity contribution in [2.24, 2.45) is 29.6 Å². The van der Waals surface area contributed by atoms with E-state index in [0.717, 1.165) is 22.6 Å². The highest BCUT2D eigenvalue weighted by atomic mass is 35.5. The molecular formula is C43H37ClFN3O6.